The molecule has 4 saturated heterocycles. The molecule has 482 valence electrons. The van der Waals surface area contributed by atoms with Crippen LogP contribution < -0.4 is 19.7 Å². The highest BCUT2D eigenvalue weighted by atomic mass is 127. The van der Waals surface area contributed by atoms with E-state index >= 15 is 0 Å². The Morgan fingerprint density at radius 2 is 1.61 bits per heavy atom. The van der Waals surface area contributed by atoms with E-state index in [1.807, 2.05) is 35.8 Å². The van der Waals surface area contributed by atoms with Crippen LogP contribution in [0.5, 0.6) is 17.2 Å². The molecular weight excluding hydrogens is 1330 g/mol. The molecule has 2 amide bonds. The first kappa shape index (κ1) is 71.1. The Morgan fingerprint density at radius 3 is 2.25 bits per heavy atom. The number of Topliss-reactive ketones (excluding diaryl/α,β-unsaturated/α-hetero) is 1. The summed E-state index contributed by atoms with van der Waals surface area (Å²) >= 11 is 2.80. The maximum absolute atomic E-state index is 14.5. The van der Waals surface area contributed by atoms with Crippen LogP contribution in [0.3, 0.4) is 0 Å². The Balaban J connectivity index is 1.13. The zero-order valence-corrected chi connectivity index (χ0v) is 55.4. The molecule has 4 aliphatic heterocycles. The van der Waals surface area contributed by atoms with Crippen LogP contribution in [0, 0.1) is 40.1 Å². The van der Waals surface area contributed by atoms with Gasteiger partial charge in [0.05, 0.1) is 97.3 Å². The molecule has 25 nitrogen and oxygen atoms in total. The molecule has 1 aromatic rings. The van der Waals surface area contributed by atoms with Gasteiger partial charge >= 0.3 is 6.09 Å². The summed E-state index contributed by atoms with van der Waals surface area (Å²) in [4.78, 5) is 66.0. The van der Waals surface area contributed by atoms with E-state index in [1.165, 1.54) is 78.9 Å². The van der Waals surface area contributed by atoms with Crippen molar-refractivity contribution in [2.45, 2.75) is 176 Å². The lowest BCUT2D eigenvalue weighted by Gasteiger charge is -2.47. The molecule has 4 heterocycles. The van der Waals surface area contributed by atoms with Crippen molar-refractivity contribution in [3.05, 3.63) is 38.5 Å². The number of hydrogen-bond donors (Lipinski definition) is 6. The van der Waals surface area contributed by atoms with Gasteiger partial charge in [0.25, 0.3) is 0 Å². The lowest BCUT2D eigenvalue weighted by Crippen LogP contribution is -2.65. The van der Waals surface area contributed by atoms with Crippen LogP contribution in [0.25, 0.3) is 0 Å². The van der Waals surface area contributed by atoms with Gasteiger partial charge in [-0.2, -0.15) is 10.5 Å². The van der Waals surface area contributed by atoms with Crippen molar-refractivity contribution in [2.24, 2.45) is 10.9 Å². The van der Waals surface area contributed by atoms with Crippen LogP contribution in [0.4, 0.5) is 4.79 Å². The number of halogens is 1. The largest absolute Gasteiger partial charge is 0.492 e. The number of rotatable bonds is 21. The molecule has 1 aromatic carbocycles. The van der Waals surface area contributed by atoms with Crippen LogP contribution in [0.1, 0.15) is 69.8 Å². The van der Waals surface area contributed by atoms with Gasteiger partial charge in [0, 0.05) is 46.3 Å². The number of carbonyl (C=O) groups excluding carboxylic acids is 4. The summed E-state index contributed by atoms with van der Waals surface area (Å²) in [6, 6.07) is -1.62. The maximum Gasteiger partial charge on any atom is 0.433 e. The number of fused-ring (bicyclic) bond motifs is 2. The summed E-state index contributed by atoms with van der Waals surface area (Å²) < 4.78 is 72.6. The third kappa shape index (κ3) is 16.3. The summed E-state index contributed by atoms with van der Waals surface area (Å²) in [6.07, 6.45) is -12.9. The molecule has 1 saturated carbocycles. The van der Waals surface area contributed by atoms with E-state index in [2.05, 4.69) is 34.2 Å². The van der Waals surface area contributed by atoms with Crippen molar-refractivity contribution < 1.29 is 106 Å². The van der Waals surface area contributed by atoms with Gasteiger partial charge < -0.3 is 87.3 Å². The molecule has 2 aliphatic carbocycles. The van der Waals surface area contributed by atoms with Gasteiger partial charge in [0.2, 0.25) is 23.1 Å². The van der Waals surface area contributed by atoms with Gasteiger partial charge in [0.1, 0.15) is 42.3 Å². The molecule has 6 N–H and O–H groups in total. The number of carbonyl (C=O) groups is 4. The van der Waals surface area contributed by atoms with E-state index in [9.17, 15) is 44.7 Å². The number of nitrogens with one attached hydrogen (secondary N) is 1. The number of amides is 2. The first-order chi connectivity index (χ1) is 41.5. The first-order valence-corrected chi connectivity index (χ1v) is 33.8. The van der Waals surface area contributed by atoms with E-state index in [0.29, 0.717) is 21.4 Å². The SMILES string of the molecule is CCN(C(C)=O)C1COC(OC2C(OC3C#CC=CC#CC4(O)CC(=O)C(=NC(=O)OC)C3C4=CCSSSC)OC(C)C(NOC3CC(O)C(SC(=O)c4c(C)c(I)c(OC5OC(C)C(O)C(OC)C5O)c(OC)c4OC)C(C)O3)C2O)CC1OC. The fourth-order valence-electron chi connectivity index (χ4n) is 11.2. The molecule has 87 heavy (non-hydrogen) atoms. The lowest BCUT2D eigenvalue weighted by molar-refractivity contribution is -0.339. The first-order valence-electron chi connectivity index (χ1n) is 27.8. The van der Waals surface area contributed by atoms with Crippen LogP contribution in [0.15, 0.2) is 28.8 Å². The third-order valence-corrected chi connectivity index (χ3v) is 22.0. The van der Waals surface area contributed by atoms with Crippen molar-refractivity contribution >= 4 is 94.4 Å². The van der Waals surface area contributed by atoms with E-state index < -0.39 is 145 Å². The number of aliphatic imine (C=N–C) groups is 1. The quantitative estimate of drug-likeness (QED) is 0.0255. The van der Waals surface area contributed by atoms with E-state index in [0.717, 1.165) is 18.9 Å². The Labute approximate surface area is 534 Å². The fourth-order valence-corrected chi connectivity index (χ4v) is 15.4. The topological polar surface area (TPSA) is 317 Å². The number of ketones is 1. The predicted molar refractivity (Wildman–Crippen MR) is 330 cm³/mol. The second-order valence-electron chi connectivity index (χ2n) is 20.9. The Hall–Kier alpha value is -3.30. The second-order valence-corrected chi connectivity index (χ2v) is 27.5. The summed E-state index contributed by atoms with van der Waals surface area (Å²) in [7, 11) is 11.1. The highest BCUT2D eigenvalue weighted by molar-refractivity contribution is 14.1. The number of aliphatic hydroxyl groups excluding tert-OH is 4. The minimum absolute atomic E-state index is 0.0116. The zero-order chi connectivity index (χ0) is 63.6. The summed E-state index contributed by atoms with van der Waals surface area (Å²) in [5, 5.41) is 56.9. The van der Waals surface area contributed by atoms with Crippen LogP contribution in [0.2, 0.25) is 0 Å². The number of allylic oxidation sites excluding steroid dienone is 2. The number of aliphatic hydroxyl groups is 5. The zero-order valence-electron chi connectivity index (χ0n) is 50.0. The van der Waals surface area contributed by atoms with Gasteiger partial charge in [-0.15, -0.1) is 0 Å². The van der Waals surface area contributed by atoms with Crippen molar-refractivity contribution in [2.75, 3.05) is 60.7 Å². The highest BCUT2D eigenvalue weighted by Crippen LogP contribution is 2.49. The lowest BCUT2D eigenvalue weighted by atomic mass is 9.69. The number of thioether (sulfide) groups is 1. The Kier molecular flexibility index (Phi) is 26.4. The summed E-state index contributed by atoms with van der Waals surface area (Å²) in [6.45, 7) is 10.2. The number of hydroxylamine groups is 1. The van der Waals surface area contributed by atoms with Gasteiger partial charge in [-0.25, -0.2) is 4.79 Å². The van der Waals surface area contributed by atoms with Crippen molar-refractivity contribution in [3.8, 4) is 40.9 Å². The normalized spacial score (nSPS) is 36.0. The average molecular weight is 1410 g/mol. The van der Waals surface area contributed by atoms with Gasteiger partial charge in [0.15, 0.2) is 41.8 Å². The van der Waals surface area contributed by atoms with Crippen molar-refractivity contribution in [1.29, 1.82) is 0 Å². The third-order valence-electron chi connectivity index (χ3n) is 15.6. The van der Waals surface area contributed by atoms with Crippen LogP contribution in [-0.2, 0) is 57.1 Å². The van der Waals surface area contributed by atoms with Gasteiger partial charge in [-0.05, 0) is 96.6 Å². The Bertz CT molecular complexity index is 2840. The van der Waals surface area contributed by atoms with E-state index in [4.69, 9.17) is 61.7 Å². The Morgan fingerprint density at radius 1 is 0.897 bits per heavy atom. The maximum atomic E-state index is 14.5. The standard InChI is InChI=1S/C57H76IN3O22S4/c1-13-61(30(6)62)32-25-76-37(23-36(32)71-7)81-50-45(66)42(27(3)78-55(50)80-35-18-16-14-15-17-20-57(70)24-34(64)43(59-56(69)75-11)40(35)31(57)19-21-85-87-84-12)60-83-38-22-33(63)52(29(5)77-38)86-53(68)39-26(2)41(58)48(51(74-10)47(39)72-8)82-54-46(67)49(73-9)44(65)28(4)79-54/h14-15,19,27-29,32-33,35-38,40,42,44-46,49-50,52,54-55,60,63,65-67,70H,13,21-25H2,1-12H3. The number of ether oxygens (including phenoxy) is 12. The fraction of sp³-hybridized carbons (Fsp3) is 0.667. The minimum atomic E-state index is -2.06. The van der Waals surface area contributed by atoms with Crippen molar-refractivity contribution in [1.82, 2.24) is 10.4 Å². The van der Waals surface area contributed by atoms with Crippen molar-refractivity contribution in [3.63, 3.8) is 0 Å². The highest BCUT2D eigenvalue weighted by Gasteiger charge is 2.54. The summed E-state index contributed by atoms with van der Waals surface area (Å²) in [5.41, 5.74) is 1.22. The predicted octanol–water partition coefficient (Wildman–Crippen LogP) is 3.67. The number of likely N-dealkylation sites (N-methyl/N-ethyl adjacent to an activating group) is 1. The molecule has 7 rings (SSSR count). The second kappa shape index (κ2) is 32.3. The molecule has 0 spiro atoms. The minimum Gasteiger partial charge on any atom is -0.492 e. The molecule has 30 heteroatoms. The van der Waals surface area contributed by atoms with Crippen LogP contribution >= 0.6 is 65.8 Å². The number of hydrogen-bond acceptors (Lipinski definition) is 27. The molecule has 20 atom stereocenters. The molecule has 0 aromatic heterocycles. The monoisotopic (exact) mass is 1410 g/mol. The van der Waals surface area contributed by atoms with Crippen LogP contribution in [-0.4, -0.2) is 235 Å². The molecular formula is C57H76IN3O22S4. The molecule has 6 aliphatic rings. The van der Waals surface area contributed by atoms with E-state index in [1.54, 1.807) is 38.7 Å². The molecule has 20 unspecified atom stereocenters. The number of benzene rings is 1. The number of nitrogens with zero attached hydrogens (tertiary/aromatic N) is 2. The summed E-state index contributed by atoms with van der Waals surface area (Å²) in [5.74, 6) is 9.67. The molecule has 5 fully saturated rings. The molecule has 2 bridgehead atoms. The smallest absolute Gasteiger partial charge is 0.433 e. The van der Waals surface area contributed by atoms with E-state index in [-0.39, 0.29) is 59.5 Å². The van der Waals surface area contributed by atoms with Gasteiger partial charge in [-0.3, -0.25) is 19.2 Å². The molecule has 0 radical (unpaired) electrons. The average Bonchev–Trinajstić information content (AvgIpc) is 1.63. The number of methoxy groups -OCH3 is 5. The van der Waals surface area contributed by atoms with Gasteiger partial charge in [-0.1, -0.05) is 63.1 Å².